The molecule has 2 atom stereocenters. The lowest BCUT2D eigenvalue weighted by molar-refractivity contribution is -0.126. The van der Waals surface area contributed by atoms with E-state index in [1.54, 1.807) is 19.1 Å². The van der Waals surface area contributed by atoms with Gasteiger partial charge in [-0.15, -0.1) is 0 Å². The van der Waals surface area contributed by atoms with Gasteiger partial charge in [0.05, 0.1) is 12.0 Å². The van der Waals surface area contributed by atoms with Crippen LogP contribution in [0.3, 0.4) is 0 Å². The molecule has 1 aliphatic rings. The minimum atomic E-state index is -0.607. The highest BCUT2D eigenvalue weighted by Crippen LogP contribution is 2.26. The van der Waals surface area contributed by atoms with E-state index in [2.05, 4.69) is 5.32 Å². The number of carbonyl (C=O) groups is 2. The van der Waals surface area contributed by atoms with Gasteiger partial charge in [0.1, 0.15) is 5.75 Å². The maximum absolute atomic E-state index is 11.9. The van der Waals surface area contributed by atoms with Gasteiger partial charge in [-0.2, -0.15) is 0 Å². The minimum absolute atomic E-state index is 0.118. The van der Waals surface area contributed by atoms with E-state index in [1.807, 2.05) is 0 Å². The van der Waals surface area contributed by atoms with Crippen LogP contribution in [-0.4, -0.2) is 41.2 Å². The van der Waals surface area contributed by atoms with E-state index < -0.39 is 12.0 Å². The zero-order chi connectivity index (χ0) is 14.7. The number of anilines is 1. The summed E-state index contributed by atoms with van der Waals surface area (Å²) in [7, 11) is 0. The Hall–Kier alpha value is -2.08. The van der Waals surface area contributed by atoms with Crippen LogP contribution in [-0.2, 0) is 9.59 Å². The third kappa shape index (κ3) is 3.27. The average Bonchev–Trinajstić information content (AvgIpc) is 2.79. The van der Waals surface area contributed by atoms with Crippen molar-refractivity contribution in [3.63, 3.8) is 0 Å². The van der Waals surface area contributed by atoms with E-state index in [4.69, 9.17) is 5.11 Å². The number of phenolic OH excluding ortho intramolecular Hbond substituents is 1. The number of nitrogens with one attached hydrogen (secondary N) is 1. The quantitative estimate of drug-likeness (QED) is 0.736. The van der Waals surface area contributed by atoms with Crippen molar-refractivity contribution in [2.24, 2.45) is 5.92 Å². The Labute approximate surface area is 117 Å². The maximum atomic E-state index is 11.9. The Bertz CT molecular complexity index is 498. The van der Waals surface area contributed by atoms with Gasteiger partial charge < -0.3 is 20.4 Å². The van der Waals surface area contributed by atoms with Crippen LogP contribution in [0.4, 0.5) is 5.69 Å². The van der Waals surface area contributed by atoms with Gasteiger partial charge in [0, 0.05) is 25.2 Å². The molecule has 20 heavy (non-hydrogen) atoms. The molecular weight excluding hydrogens is 260 g/mol. The van der Waals surface area contributed by atoms with E-state index in [1.165, 1.54) is 17.0 Å². The molecule has 2 rings (SSSR count). The maximum Gasteiger partial charge on any atom is 0.227 e. The molecule has 1 heterocycles. The number of aliphatic hydroxyl groups is 1. The summed E-state index contributed by atoms with van der Waals surface area (Å²) in [5.41, 5.74) is 0.665. The number of benzene rings is 1. The van der Waals surface area contributed by atoms with Crippen molar-refractivity contribution in [3.8, 4) is 5.75 Å². The number of aromatic hydroxyl groups is 1. The molecule has 0 aromatic heterocycles. The number of hydrogen-bond acceptors (Lipinski definition) is 4. The summed E-state index contributed by atoms with van der Waals surface area (Å²) >= 11 is 0. The first-order chi connectivity index (χ1) is 9.47. The molecule has 3 N–H and O–H groups in total. The summed E-state index contributed by atoms with van der Waals surface area (Å²) in [4.78, 5) is 25.4. The van der Waals surface area contributed by atoms with Crippen LogP contribution in [0.15, 0.2) is 24.3 Å². The van der Waals surface area contributed by atoms with E-state index in [0.29, 0.717) is 12.2 Å². The second-order valence-corrected chi connectivity index (χ2v) is 5.02. The predicted molar refractivity (Wildman–Crippen MR) is 73.3 cm³/mol. The molecule has 1 saturated heterocycles. The zero-order valence-corrected chi connectivity index (χ0v) is 11.2. The Kier molecular flexibility index (Phi) is 4.24. The first-order valence-corrected chi connectivity index (χ1v) is 6.52. The molecule has 0 spiro atoms. The van der Waals surface area contributed by atoms with Crippen molar-refractivity contribution in [1.82, 2.24) is 5.32 Å². The molecule has 6 nitrogen and oxygen atoms in total. The van der Waals surface area contributed by atoms with E-state index in [9.17, 15) is 14.7 Å². The third-order valence-electron chi connectivity index (χ3n) is 3.23. The van der Waals surface area contributed by atoms with Crippen molar-refractivity contribution in [2.75, 3.05) is 18.0 Å². The molecule has 0 bridgehead atoms. The fourth-order valence-electron chi connectivity index (χ4n) is 2.16. The lowest BCUT2D eigenvalue weighted by Gasteiger charge is -2.17. The molecule has 0 radical (unpaired) electrons. The first kappa shape index (κ1) is 14.3. The number of rotatable bonds is 4. The highest BCUT2D eigenvalue weighted by molar-refractivity contribution is 6.00. The van der Waals surface area contributed by atoms with Crippen LogP contribution < -0.4 is 10.2 Å². The summed E-state index contributed by atoms with van der Waals surface area (Å²) in [6, 6.07) is 6.29. The lowest BCUT2D eigenvalue weighted by Crippen LogP contribution is -2.36. The lowest BCUT2D eigenvalue weighted by atomic mass is 10.1. The molecule has 108 valence electrons. The molecule has 0 saturated carbocycles. The number of nitrogens with zero attached hydrogens (tertiary/aromatic N) is 1. The number of hydrogen-bond donors (Lipinski definition) is 3. The normalized spacial score (nSPS) is 20.0. The summed E-state index contributed by atoms with van der Waals surface area (Å²) in [6.07, 6.45) is -0.448. The molecule has 1 fully saturated rings. The van der Waals surface area contributed by atoms with Crippen molar-refractivity contribution < 1.29 is 19.8 Å². The number of carbonyl (C=O) groups excluding carboxylic acids is 2. The van der Waals surface area contributed by atoms with Gasteiger partial charge in [-0.1, -0.05) is 0 Å². The van der Waals surface area contributed by atoms with Crippen LogP contribution >= 0.6 is 0 Å². The van der Waals surface area contributed by atoms with Crippen molar-refractivity contribution in [3.05, 3.63) is 24.3 Å². The van der Waals surface area contributed by atoms with E-state index >= 15 is 0 Å². The Morgan fingerprint density at radius 3 is 2.70 bits per heavy atom. The highest BCUT2D eigenvalue weighted by atomic mass is 16.3. The van der Waals surface area contributed by atoms with Crippen LogP contribution in [0.25, 0.3) is 0 Å². The Morgan fingerprint density at radius 1 is 1.45 bits per heavy atom. The predicted octanol–water partition coefficient (Wildman–Crippen LogP) is 0.242. The monoisotopic (exact) mass is 278 g/mol. The SMILES string of the molecule is C[C@H](O)CNC(=O)[C@@H]1CC(=O)N(c2ccc(O)cc2)C1. The van der Waals surface area contributed by atoms with Crippen LogP contribution in [0.2, 0.25) is 0 Å². The molecule has 1 aromatic rings. The summed E-state index contributed by atoms with van der Waals surface area (Å²) in [6.45, 7) is 2.08. The van der Waals surface area contributed by atoms with Crippen molar-refractivity contribution >= 4 is 17.5 Å². The third-order valence-corrected chi connectivity index (χ3v) is 3.23. The first-order valence-electron chi connectivity index (χ1n) is 6.52. The molecule has 6 heteroatoms. The largest absolute Gasteiger partial charge is 0.508 e. The summed E-state index contributed by atoms with van der Waals surface area (Å²) < 4.78 is 0. The average molecular weight is 278 g/mol. The molecule has 1 aromatic carbocycles. The van der Waals surface area contributed by atoms with Gasteiger partial charge in [-0.05, 0) is 31.2 Å². The molecule has 0 aliphatic carbocycles. The second kappa shape index (κ2) is 5.92. The molecular formula is C14H18N2O4. The number of phenols is 1. The van der Waals surface area contributed by atoms with Crippen molar-refractivity contribution in [2.45, 2.75) is 19.4 Å². The van der Waals surface area contributed by atoms with Gasteiger partial charge in [0.15, 0.2) is 0 Å². The highest BCUT2D eigenvalue weighted by Gasteiger charge is 2.34. The van der Waals surface area contributed by atoms with E-state index in [0.717, 1.165) is 0 Å². The zero-order valence-electron chi connectivity index (χ0n) is 11.2. The fraction of sp³-hybridized carbons (Fsp3) is 0.429. The molecule has 1 aliphatic heterocycles. The Balaban J connectivity index is 2.00. The van der Waals surface area contributed by atoms with Gasteiger partial charge in [0.25, 0.3) is 0 Å². The molecule has 0 unspecified atom stereocenters. The van der Waals surface area contributed by atoms with Crippen molar-refractivity contribution in [1.29, 1.82) is 0 Å². The minimum Gasteiger partial charge on any atom is -0.508 e. The van der Waals surface area contributed by atoms with Gasteiger partial charge >= 0.3 is 0 Å². The topological polar surface area (TPSA) is 89.9 Å². The smallest absolute Gasteiger partial charge is 0.227 e. The van der Waals surface area contributed by atoms with Gasteiger partial charge in [-0.25, -0.2) is 0 Å². The second-order valence-electron chi connectivity index (χ2n) is 5.02. The number of aliphatic hydroxyl groups excluding tert-OH is 1. The molecule has 2 amide bonds. The summed E-state index contributed by atoms with van der Waals surface area (Å²) in [5.74, 6) is -0.616. The number of amides is 2. The van der Waals surface area contributed by atoms with Gasteiger partial charge in [0.2, 0.25) is 11.8 Å². The Morgan fingerprint density at radius 2 is 2.10 bits per heavy atom. The van der Waals surface area contributed by atoms with Crippen LogP contribution in [0.5, 0.6) is 5.75 Å². The summed E-state index contributed by atoms with van der Waals surface area (Å²) in [5, 5.41) is 21.0. The van der Waals surface area contributed by atoms with E-state index in [-0.39, 0.29) is 30.5 Å². The van der Waals surface area contributed by atoms with Crippen LogP contribution in [0, 0.1) is 5.92 Å². The standard InChI is InChI=1S/C14H18N2O4/c1-9(17)7-15-14(20)10-6-13(19)16(8-10)11-2-4-12(18)5-3-11/h2-5,9-10,17-18H,6-8H2,1H3,(H,15,20)/t9-,10+/m0/s1. The fourth-order valence-corrected chi connectivity index (χ4v) is 2.16. The van der Waals surface area contributed by atoms with Crippen LogP contribution in [0.1, 0.15) is 13.3 Å². The van der Waals surface area contributed by atoms with Gasteiger partial charge in [-0.3, -0.25) is 9.59 Å².